The van der Waals surface area contributed by atoms with Crippen LogP contribution in [0.3, 0.4) is 0 Å². The number of para-hydroxylation sites is 2. The Morgan fingerprint density at radius 2 is 1.31 bits per heavy atom. The van der Waals surface area contributed by atoms with Crippen molar-refractivity contribution in [3.05, 3.63) is 102 Å². The number of allylic oxidation sites excluding steroid dienone is 1. The summed E-state index contributed by atoms with van der Waals surface area (Å²) >= 11 is 7.46. The van der Waals surface area contributed by atoms with Crippen LogP contribution in [-0.2, 0) is 4.57 Å². The zero-order valence-electron chi connectivity index (χ0n) is 15.8. The molecule has 0 aromatic heterocycles. The van der Waals surface area contributed by atoms with E-state index in [9.17, 15) is 4.57 Å². The molecule has 0 radical (unpaired) electrons. The molecule has 0 amide bonds. The predicted molar refractivity (Wildman–Crippen MR) is 122 cm³/mol. The van der Waals surface area contributed by atoms with E-state index in [2.05, 4.69) is 0 Å². The van der Waals surface area contributed by atoms with E-state index in [4.69, 9.17) is 20.6 Å². The number of rotatable bonds is 10. The molecule has 3 aromatic rings. The van der Waals surface area contributed by atoms with Gasteiger partial charge in [-0.3, -0.25) is 0 Å². The lowest BCUT2D eigenvalue weighted by molar-refractivity contribution is 0.398. The number of hydrogen-bond donors (Lipinski definition) is 0. The second kappa shape index (κ2) is 11.2. The van der Waals surface area contributed by atoms with E-state index in [1.54, 1.807) is 41.8 Å². The summed E-state index contributed by atoms with van der Waals surface area (Å²) in [5.41, 5.74) is 0. The van der Waals surface area contributed by atoms with Crippen molar-refractivity contribution in [3.8, 4) is 11.5 Å². The van der Waals surface area contributed by atoms with E-state index in [1.165, 1.54) is 0 Å². The quantitative estimate of drug-likeness (QED) is 0.180. The molecule has 0 saturated heterocycles. The van der Waals surface area contributed by atoms with E-state index >= 15 is 0 Å². The van der Waals surface area contributed by atoms with Crippen LogP contribution in [0.25, 0.3) is 0 Å². The molecule has 0 fully saturated rings. The van der Waals surface area contributed by atoms with Crippen molar-refractivity contribution in [2.24, 2.45) is 0 Å². The molecule has 3 aromatic carbocycles. The van der Waals surface area contributed by atoms with Crippen LogP contribution in [0.15, 0.2) is 107 Å². The summed E-state index contributed by atoms with van der Waals surface area (Å²) in [5, 5.41) is 0. The average molecular weight is 445 g/mol. The first-order valence-electron chi connectivity index (χ1n) is 9.26. The van der Waals surface area contributed by atoms with Gasteiger partial charge in [0.15, 0.2) is 0 Å². The molecule has 0 aliphatic heterocycles. The van der Waals surface area contributed by atoms with Gasteiger partial charge in [0.25, 0.3) is 0 Å². The molecule has 0 bridgehead atoms. The second-order valence-electron chi connectivity index (χ2n) is 6.15. The monoisotopic (exact) mass is 444 g/mol. The number of hydrogen-bond acceptors (Lipinski definition) is 4. The van der Waals surface area contributed by atoms with Crippen LogP contribution in [0.1, 0.15) is 12.8 Å². The summed E-state index contributed by atoms with van der Waals surface area (Å²) in [4.78, 5) is 1.95. The smallest absolute Gasteiger partial charge is 0.413 e. The highest BCUT2D eigenvalue weighted by atomic mass is 35.5. The van der Waals surface area contributed by atoms with Crippen molar-refractivity contribution in [1.82, 2.24) is 0 Å². The molecule has 0 unspecified atom stereocenters. The maximum Gasteiger partial charge on any atom is 0.456 e. The SMILES string of the molecule is O=P(/C=C(/CCCCl)Sc1ccccc1)(Oc1ccccc1)Oc1ccccc1. The fourth-order valence-corrected chi connectivity index (χ4v) is 5.56. The Balaban J connectivity index is 1.93. The molecule has 0 saturated carbocycles. The standard InChI is InChI=1S/C23H22ClO3PS/c24-18-10-17-23(29-22-15-8-3-9-16-22)19-28(25,26-20-11-4-1-5-12-20)27-21-13-6-2-7-14-21/h1-9,11-16,19H,10,17-18H2/b23-19-. The summed E-state index contributed by atoms with van der Waals surface area (Å²) in [6.07, 6.45) is 1.45. The summed E-state index contributed by atoms with van der Waals surface area (Å²) < 4.78 is 25.5. The lowest BCUT2D eigenvalue weighted by atomic mass is 10.3. The maximum absolute atomic E-state index is 13.7. The Morgan fingerprint density at radius 3 is 1.79 bits per heavy atom. The van der Waals surface area contributed by atoms with Gasteiger partial charge in [-0.2, -0.15) is 0 Å². The van der Waals surface area contributed by atoms with E-state index in [0.717, 1.165) is 16.2 Å². The van der Waals surface area contributed by atoms with Crippen molar-refractivity contribution in [2.75, 3.05) is 5.88 Å². The molecule has 0 aliphatic carbocycles. The normalized spacial score (nSPS) is 11.8. The molecule has 3 nitrogen and oxygen atoms in total. The van der Waals surface area contributed by atoms with Crippen LogP contribution in [-0.4, -0.2) is 5.88 Å². The Kier molecular flexibility index (Phi) is 8.30. The van der Waals surface area contributed by atoms with E-state index in [1.807, 2.05) is 66.7 Å². The maximum atomic E-state index is 13.7. The second-order valence-corrected chi connectivity index (χ2v) is 9.43. The highest BCUT2D eigenvalue weighted by Crippen LogP contribution is 2.52. The van der Waals surface area contributed by atoms with Gasteiger partial charge in [0.05, 0.1) is 5.82 Å². The minimum absolute atomic E-state index is 0.490. The van der Waals surface area contributed by atoms with Gasteiger partial charge in [-0.05, 0) is 49.2 Å². The molecule has 0 heterocycles. The van der Waals surface area contributed by atoms with Crippen molar-refractivity contribution in [2.45, 2.75) is 17.7 Å². The van der Waals surface area contributed by atoms with Gasteiger partial charge in [-0.25, -0.2) is 4.57 Å². The van der Waals surface area contributed by atoms with Gasteiger partial charge in [-0.1, -0.05) is 66.4 Å². The summed E-state index contributed by atoms with van der Waals surface area (Å²) in [5.74, 6) is 3.13. The highest BCUT2D eigenvalue weighted by molar-refractivity contribution is 8.03. The molecule has 29 heavy (non-hydrogen) atoms. The first kappa shape index (κ1) is 21.6. The molecule has 0 spiro atoms. The molecule has 150 valence electrons. The molecule has 0 atom stereocenters. The summed E-state index contributed by atoms with van der Waals surface area (Å²) in [6.45, 7) is 0. The lowest BCUT2D eigenvalue weighted by Crippen LogP contribution is -2.00. The Labute approximate surface area is 181 Å². The minimum atomic E-state index is -3.62. The van der Waals surface area contributed by atoms with E-state index in [0.29, 0.717) is 23.8 Å². The fourth-order valence-electron chi connectivity index (χ4n) is 2.53. The van der Waals surface area contributed by atoms with Crippen molar-refractivity contribution >= 4 is 31.0 Å². The van der Waals surface area contributed by atoms with Gasteiger partial charge < -0.3 is 9.05 Å². The van der Waals surface area contributed by atoms with Crippen LogP contribution in [0.2, 0.25) is 0 Å². The third-order valence-corrected chi connectivity index (χ3v) is 6.90. The van der Waals surface area contributed by atoms with Crippen LogP contribution >= 0.6 is 31.0 Å². The first-order chi connectivity index (χ1) is 14.2. The first-order valence-corrected chi connectivity index (χ1v) is 12.2. The van der Waals surface area contributed by atoms with Crippen LogP contribution in [0, 0.1) is 0 Å². The highest BCUT2D eigenvalue weighted by Gasteiger charge is 2.27. The minimum Gasteiger partial charge on any atom is -0.413 e. The van der Waals surface area contributed by atoms with Crippen molar-refractivity contribution < 1.29 is 13.6 Å². The third kappa shape index (κ3) is 7.32. The Morgan fingerprint density at radius 1 is 0.828 bits per heavy atom. The Bertz CT molecular complexity index is 904. The van der Waals surface area contributed by atoms with Crippen LogP contribution in [0.5, 0.6) is 11.5 Å². The fraction of sp³-hybridized carbons (Fsp3) is 0.130. The summed E-state index contributed by atoms with van der Waals surface area (Å²) in [6, 6.07) is 28.1. The van der Waals surface area contributed by atoms with Crippen LogP contribution < -0.4 is 9.05 Å². The molecule has 3 rings (SSSR count). The molecular weight excluding hydrogens is 423 g/mol. The molecule has 0 N–H and O–H groups in total. The zero-order chi connectivity index (χ0) is 20.4. The zero-order valence-corrected chi connectivity index (χ0v) is 18.3. The average Bonchev–Trinajstić information content (AvgIpc) is 2.74. The number of thioether (sulfide) groups is 1. The number of alkyl halides is 1. The topological polar surface area (TPSA) is 35.5 Å². The van der Waals surface area contributed by atoms with Gasteiger partial charge in [0, 0.05) is 15.7 Å². The van der Waals surface area contributed by atoms with E-state index in [-0.39, 0.29) is 0 Å². The number of halogens is 1. The lowest BCUT2D eigenvalue weighted by Gasteiger charge is -2.19. The molecule has 0 aliphatic rings. The predicted octanol–water partition coefficient (Wildman–Crippen LogP) is 7.99. The van der Waals surface area contributed by atoms with Crippen LogP contribution in [0.4, 0.5) is 0 Å². The third-order valence-electron chi connectivity index (χ3n) is 3.80. The van der Waals surface area contributed by atoms with Crippen molar-refractivity contribution in [1.29, 1.82) is 0 Å². The van der Waals surface area contributed by atoms with Crippen molar-refractivity contribution in [3.63, 3.8) is 0 Å². The summed E-state index contributed by atoms with van der Waals surface area (Å²) in [7, 11) is -3.62. The van der Waals surface area contributed by atoms with Gasteiger partial charge in [-0.15, -0.1) is 11.6 Å². The molecular formula is C23H22ClO3PS. The Hall–Kier alpha value is -2.13. The largest absolute Gasteiger partial charge is 0.456 e. The van der Waals surface area contributed by atoms with Gasteiger partial charge >= 0.3 is 7.60 Å². The molecule has 6 heteroatoms. The van der Waals surface area contributed by atoms with E-state index < -0.39 is 7.60 Å². The van der Waals surface area contributed by atoms with Gasteiger partial charge in [0.1, 0.15) is 11.5 Å². The van der Waals surface area contributed by atoms with Gasteiger partial charge in [0.2, 0.25) is 0 Å². The number of benzene rings is 3.